The predicted molar refractivity (Wildman–Crippen MR) is 73.2 cm³/mol. The number of thiazole rings is 1. The molecule has 0 unspecified atom stereocenters. The van der Waals surface area contributed by atoms with Crippen LogP contribution in [-0.2, 0) is 11.4 Å². The third-order valence-corrected chi connectivity index (χ3v) is 3.55. The molecule has 0 aliphatic heterocycles. The highest BCUT2D eigenvalue weighted by Gasteiger charge is 2.03. The number of nitrogens with zero attached hydrogens (tertiary/aromatic N) is 3. The van der Waals surface area contributed by atoms with Crippen molar-refractivity contribution in [2.24, 2.45) is 5.16 Å². The number of nitriles is 1. The minimum atomic E-state index is 0.256. The van der Waals surface area contributed by atoms with Crippen LogP contribution < -0.4 is 0 Å². The Morgan fingerprint density at radius 1 is 1.44 bits per heavy atom. The Morgan fingerprint density at radius 3 is 2.83 bits per heavy atom. The van der Waals surface area contributed by atoms with Crippen molar-refractivity contribution < 1.29 is 4.84 Å². The average Bonchev–Trinajstić information content (AvgIpc) is 2.81. The van der Waals surface area contributed by atoms with Gasteiger partial charge in [-0.05, 0) is 15.9 Å². The maximum atomic E-state index is 9.00. The van der Waals surface area contributed by atoms with Crippen LogP contribution in [0.2, 0.25) is 0 Å². The zero-order chi connectivity index (χ0) is 12.8. The van der Waals surface area contributed by atoms with Gasteiger partial charge < -0.3 is 4.84 Å². The van der Waals surface area contributed by atoms with Crippen LogP contribution in [0.1, 0.15) is 10.6 Å². The number of benzene rings is 1. The molecule has 1 heterocycles. The molecule has 0 atom stereocenters. The third kappa shape index (κ3) is 3.39. The molecule has 1 aromatic heterocycles. The van der Waals surface area contributed by atoms with E-state index in [0.717, 1.165) is 15.2 Å². The molecule has 0 radical (unpaired) electrons. The van der Waals surface area contributed by atoms with Crippen LogP contribution in [0.4, 0.5) is 0 Å². The number of hydrogen-bond donors (Lipinski definition) is 0. The lowest BCUT2D eigenvalue weighted by Crippen LogP contribution is -1.98. The summed E-state index contributed by atoms with van der Waals surface area (Å²) >= 11 is 4.73. The van der Waals surface area contributed by atoms with E-state index < -0.39 is 0 Å². The van der Waals surface area contributed by atoms with Gasteiger partial charge in [-0.1, -0.05) is 35.5 Å². The van der Waals surface area contributed by atoms with E-state index in [-0.39, 0.29) is 12.3 Å². The van der Waals surface area contributed by atoms with Crippen molar-refractivity contribution in [2.75, 3.05) is 0 Å². The summed E-state index contributed by atoms with van der Waals surface area (Å²) < 4.78 is 0.777. The molecule has 0 fully saturated rings. The first-order valence-electron chi connectivity index (χ1n) is 5.05. The van der Waals surface area contributed by atoms with Gasteiger partial charge in [0.1, 0.15) is 15.7 Å². The molecule has 6 heteroatoms. The van der Waals surface area contributed by atoms with E-state index in [4.69, 9.17) is 10.1 Å². The Balaban J connectivity index is 2.02. The van der Waals surface area contributed by atoms with Gasteiger partial charge in [0, 0.05) is 10.9 Å². The van der Waals surface area contributed by atoms with Gasteiger partial charge in [0.25, 0.3) is 0 Å². The van der Waals surface area contributed by atoms with Gasteiger partial charge in [0.05, 0.1) is 0 Å². The molecular formula is C12H8BrN3OS. The van der Waals surface area contributed by atoms with E-state index in [1.54, 1.807) is 0 Å². The smallest absolute Gasteiger partial charge is 0.186 e. The highest BCUT2D eigenvalue weighted by atomic mass is 79.9. The van der Waals surface area contributed by atoms with E-state index in [9.17, 15) is 0 Å². The Bertz CT molecular complexity index is 589. The molecule has 18 heavy (non-hydrogen) atoms. The molecule has 0 bridgehead atoms. The SMILES string of the molecule is N#C/C(=N\OCc1nc(Br)cs1)c1ccccc1. The second-order valence-electron chi connectivity index (χ2n) is 3.26. The maximum Gasteiger partial charge on any atom is 0.186 e. The van der Waals surface area contributed by atoms with Crippen molar-refractivity contribution in [2.45, 2.75) is 6.61 Å². The van der Waals surface area contributed by atoms with Crippen molar-refractivity contribution >= 4 is 33.0 Å². The second kappa shape index (κ2) is 6.28. The van der Waals surface area contributed by atoms with Crippen molar-refractivity contribution in [3.8, 4) is 6.07 Å². The minimum absolute atomic E-state index is 0.256. The fraction of sp³-hybridized carbons (Fsp3) is 0.0833. The van der Waals surface area contributed by atoms with Gasteiger partial charge in [0.2, 0.25) is 0 Å². The minimum Gasteiger partial charge on any atom is -0.387 e. The summed E-state index contributed by atoms with van der Waals surface area (Å²) in [6.07, 6.45) is 0. The van der Waals surface area contributed by atoms with E-state index in [1.807, 2.05) is 41.8 Å². The quantitative estimate of drug-likeness (QED) is 0.641. The lowest BCUT2D eigenvalue weighted by molar-refractivity contribution is 0.131. The summed E-state index contributed by atoms with van der Waals surface area (Å²) in [6, 6.07) is 11.2. The van der Waals surface area contributed by atoms with Crippen LogP contribution >= 0.6 is 27.3 Å². The molecule has 0 N–H and O–H groups in total. The Morgan fingerprint density at radius 2 is 2.22 bits per heavy atom. The fourth-order valence-corrected chi connectivity index (χ4v) is 2.41. The first kappa shape index (κ1) is 12.7. The molecule has 90 valence electrons. The van der Waals surface area contributed by atoms with Crippen LogP contribution in [0, 0.1) is 11.3 Å². The summed E-state index contributed by atoms with van der Waals surface area (Å²) in [7, 11) is 0. The van der Waals surface area contributed by atoms with Crippen LogP contribution in [0.5, 0.6) is 0 Å². The lowest BCUT2D eigenvalue weighted by Gasteiger charge is -1.98. The average molecular weight is 322 g/mol. The maximum absolute atomic E-state index is 9.00. The molecular weight excluding hydrogens is 314 g/mol. The Hall–Kier alpha value is -1.71. The molecule has 0 spiro atoms. The monoisotopic (exact) mass is 321 g/mol. The Kier molecular flexibility index (Phi) is 4.45. The van der Waals surface area contributed by atoms with E-state index in [0.29, 0.717) is 0 Å². The number of rotatable bonds is 4. The summed E-state index contributed by atoms with van der Waals surface area (Å²) in [6.45, 7) is 0.258. The molecule has 0 aliphatic carbocycles. The fourth-order valence-electron chi connectivity index (χ4n) is 1.24. The highest BCUT2D eigenvalue weighted by molar-refractivity contribution is 9.10. The molecule has 4 nitrogen and oxygen atoms in total. The van der Waals surface area contributed by atoms with Gasteiger partial charge in [-0.3, -0.25) is 0 Å². The van der Waals surface area contributed by atoms with Crippen molar-refractivity contribution in [1.29, 1.82) is 5.26 Å². The molecule has 2 aromatic rings. The predicted octanol–water partition coefficient (Wildman–Crippen LogP) is 3.35. The lowest BCUT2D eigenvalue weighted by atomic mass is 10.1. The van der Waals surface area contributed by atoms with Crippen LogP contribution in [-0.4, -0.2) is 10.7 Å². The standard InChI is InChI=1S/C12H8BrN3OS/c13-11-8-18-12(15-11)7-17-16-10(6-14)9-4-2-1-3-5-9/h1-5,8H,7H2/b16-10+. The van der Waals surface area contributed by atoms with Gasteiger partial charge in [0.15, 0.2) is 12.3 Å². The summed E-state index contributed by atoms with van der Waals surface area (Å²) in [4.78, 5) is 9.30. The molecule has 2 rings (SSSR count). The number of halogens is 1. The van der Waals surface area contributed by atoms with Gasteiger partial charge in [-0.2, -0.15) is 5.26 Å². The number of aromatic nitrogens is 1. The third-order valence-electron chi connectivity index (χ3n) is 2.02. The topological polar surface area (TPSA) is 58.3 Å². The van der Waals surface area contributed by atoms with E-state index in [2.05, 4.69) is 26.1 Å². The van der Waals surface area contributed by atoms with Crippen molar-refractivity contribution in [3.63, 3.8) is 0 Å². The summed E-state index contributed by atoms with van der Waals surface area (Å²) in [5.41, 5.74) is 0.992. The molecule has 0 aliphatic rings. The van der Waals surface area contributed by atoms with Gasteiger partial charge in [-0.15, -0.1) is 11.3 Å². The second-order valence-corrected chi connectivity index (χ2v) is 5.01. The first-order valence-corrected chi connectivity index (χ1v) is 6.72. The molecule has 0 saturated heterocycles. The molecule has 0 saturated carbocycles. The largest absolute Gasteiger partial charge is 0.387 e. The molecule has 0 amide bonds. The van der Waals surface area contributed by atoms with Crippen LogP contribution in [0.25, 0.3) is 0 Å². The first-order chi connectivity index (χ1) is 8.79. The van der Waals surface area contributed by atoms with E-state index >= 15 is 0 Å². The van der Waals surface area contributed by atoms with Crippen LogP contribution in [0.3, 0.4) is 0 Å². The van der Waals surface area contributed by atoms with Crippen molar-refractivity contribution in [3.05, 3.63) is 50.9 Å². The van der Waals surface area contributed by atoms with E-state index in [1.165, 1.54) is 11.3 Å². The van der Waals surface area contributed by atoms with Gasteiger partial charge in [-0.25, -0.2) is 4.98 Å². The van der Waals surface area contributed by atoms with Gasteiger partial charge >= 0.3 is 0 Å². The highest BCUT2D eigenvalue weighted by Crippen LogP contribution is 2.15. The number of oxime groups is 1. The zero-order valence-electron chi connectivity index (χ0n) is 9.21. The summed E-state index contributed by atoms with van der Waals surface area (Å²) in [5.74, 6) is 0. The normalized spacial score (nSPS) is 11.0. The Labute approximate surface area is 117 Å². The van der Waals surface area contributed by atoms with Crippen molar-refractivity contribution in [1.82, 2.24) is 4.98 Å². The zero-order valence-corrected chi connectivity index (χ0v) is 11.6. The molecule has 1 aromatic carbocycles. The van der Waals surface area contributed by atoms with Crippen LogP contribution in [0.15, 0.2) is 45.5 Å². The number of hydrogen-bond acceptors (Lipinski definition) is 5. The summed E-state index contributed by atoms with van der Waals surface area (Å²) in [5, 5.41) is 15.5.